The van der Waals surface area contributed by atoms with E-state index in [9.17, 15) is 9.59 Å². The fraction of sp³-hybridized carbons (Fsp3) is 0.0435. The van der Waals surface area contributed by atoms with Crippen molar-refractivity contribution in [2.24, 2.45) is 0 Å². The Morgan fingerprint density at radius 1 is 0.867 bits per heavy atom. The van der Waals surface area contributed by atoms with Gasteiger partial charge in [0.25, 0.3) is 5.91 Å². The van der Waals surface area contributed by atoms with Crippen LogP contribution in [0.2, 0.25) is 0 Å². The second-order valence-electron chi connectivity index (χ2n) is 6.44. The molecule has 0 aliphatic rings. The molecule has 0 saturated heterocycles. The van der Waals surface area contributed by atoms with Crippen LogP contribution in [0.15, 0.2) is 78.9 Å². The van der Waals surface area contributed by atoms with Gasteiger partial charge in [-0.3, -0.25) is 9.89 Å². The fourth-order valence-electron chi connectivity index (χ4n) is 2.97. The van der Waals surface area contributed by atoms with Crippen molar-refractivity contribution >= 4 is 17.6 Å². The minimum atomic E-state index is -0.452. The number of esters is 1. The normalized spacial score (nSPS) is 10.4. The molecule has 0 atom stereocenters. The highest BCUT2D eigenvalue weighted by Gasteiger charge is 2.14. The van der Waals surface area contributed by atoms with E-state index >= 15 is 0 Å². The number of methoxy groups -OCH3 is 1. The van der Waals surface area contributed by atoms with Crippen molar-refractivity contribution in [2.75, 3.05) is 12.4 Å². The van der Waals surface area contributed by atoms with E-state index in [1.165, 1.54) is 7.11 Å². The number of hydrogen-bond donors (Lipinski definition) is 2. The van der Waals surface area contributed by atoms with Crippen LogP contribution in [0.3, 0.4) is 0 Å². The Kier molecular flexibility index (Phi) is 5.34. The minimum Gasteiger partial charge on any atom is -0.465 e. The molecule has 4 rings (SSSR count). The lowest BCUT2D eigenvalue weighted by atomic mass is 10.1. The van der Waals surface area contributed by atoms with E-state index in [0.717, 1.165) is 5.56 Å². The Balaban J connectivity index is 1.57. The van der Waals surface area contributed by atoms with Crippen LogP contribution in [0, 0.1) is 0 Å². The first-order valence-electron chi connectivity index (χ1n) is 9.22. The zero-order valence-corrected chi connectivity index (χ0v) is 16.1. The summed E-state index contributed by atoms with van der Waals surface area (Å²) in [6.07, 6.45) is 0. The molecule has 1 heterocycles. The Bertz CT molecular complexity index is 1180. The van der Waals surface area contributed by atoms with E-state index in [-0.39, 0.29) is 5.91 Å². The maximum atomic E-state index is 12.7. The zero-order valence-electron chi connectivity index (χ0n) is 16.1. The smallest absolute Gasteiger partial charge is 0.337 e. The first-order chi connectivity index (χ1) is 14.7. The summed E-state index contributed by atoms with van der Waals surface area (Å²) in [7, 11) is 1.31. The number of ether oxygens (including phenoxy) is 1. The van der Waals surface area contributed by atoms with E-state index in [4.69, 9.17) is 0 Å². The van der Waals surface area contributed by atoms with Crippen molar-refractivity contribution < 1.29 is 14.3 Å². The number of H-pyrrole nitrogens is 1. The number of carbonyl (C=O) groups excluding carboxylic acids is 2. The lowest BCUT2D eigenvalue weighted by molar-refractivity contribution is 0.0600. The molecule has 3 aromatic carbocycles. The number of benzene rings is 3. The van der Waals surface area contributed by atoms with Crippen LogP contribution in [-0.4, -0.2) is 34.2 Å². The van der Waals surface area contributed by atoms with E-state index < -0.39 is 5.97 Å². The van der Waals surface area contributed by atoms with Gasteiger partial charge >= 0.3 is 5.97 Å². The molecule has 1 amide bonds. The predicted molar refractivity (Wildman–Crippen MR) is 113 cm³/mol. The summed E-state index contributed by atoms with van der Waals surface area (Å²) >= 11 is 0. The summed E-state index contributed by atoms with van der Waals surface area (Å²) in [6.45, 7) is 0. The second kappa shape index (κ2) is 8.40. The van der Waals surface area contributed by atoms with Crippen molar-refractivity contribution in [3.63, 3.8) is 0 Å². The van der Waals surface area contributed by atoms with Gasteiger partial charge in [-0.2, -0.15) is 5.10 Å². The van der Waals surface area contributed by atoms with Crippen molar-refractivity contribution in [1.29, 1.82) is 0 Å². The Morgan fingerprint density at radius 3 is 2.27 bits per heavy atom. The molecule has 0 saturated carbocycles. The number of para-hydroxylation sites is 1. The van der Waals surface area contributed by atoms with Crippen molar-refractivity contribution in [2.45, 2.75) is 0 Å². The van der Waals surface area contributed by atoms with Gasteiger partial charge in [0.2, 0.25) is 0 Å². The Labute approximate surface area is 172 Å². The predicted octanol–water partition coefficient (Wildman–Crippen LogP) is 4.18. The van der Waals surface area contributed by atoms with Crippen LogP contribution in [0.1, 0.15) is 20.7 Å². The molecule has 0 fully saturated rings. The molecule has 7 nitrogen and oxygen atoms in total. The van der Waals surface area contributed by atoms with Gasteiger partial charge in [0, 0.05) is 16.7 Å². The van der Waals surface area contributed by atoms with Gasteiger partial charge in [0.05, 0.1) is 18.4 Å². The van der Waals surface area contributed by atoms with E-state index in [2.05, 4.69) is 25.2 Å². The minimum absolute atomic E-state index is 0.304. The van der Waals surface area contributed by atoms with Crippen molar-refractivity contribution in [3.05, 3.63) is 90.0 Å². The monoisotopic (exact) mass is 398 g/mol. The summed E-state index contributed by atoms with van der Waals surface area (Å²) in [5, 5.41) is 10.1. The molecule has 0 unspecified atom stereocenters. The molecule has 0 radical (unpaired) electrons. The molecule has 30 heavy (non-hydrogen) atoms. The van der Waals surface area contributed by atoms with Crippen LogP contribution in [-0.2, 0) is 4.74 Å². The standard InChI is InChI=1S/C23H18N4O3/c1-30-23(29)17-13-11-16(12-14-17)22(28)24-19-10-6-5-9-18(19)21-25-20(26-27-21)15-7-3-2-4-8-15/h2-14H,1H3,(H,24,28)(H,25,26,27). The lowest BCUT2D eigenvalue weighted by Gasteiger charge is -2.09. The van der Waals surface area contributed by atoms with Gasteiger partial charge in [0.15, 0.2) is 11.6 Å². The summed E-state index contributed by atoms with van der Waals surface area (Å²) in [4.78, 5) is 28.8. The highest BCUT2D eigenvalue weighted by atomic mass is 16.5. The highest BCUT2D eigenvalue weighted by Crippen LogP contribution is 2.27. The highest BCUT2D eigenvalue weighted by molar-refractivity contribution is 6.06. The van der Waals surface area contributed by atoms with E-state index in [1.54, 1.807) is 30.3 Å². The van der Waals surface area contributed by atoms with Gasteiger partial charge < -0.3 is 10.1 Å². The van der Waals surface area contributed by atoms with Gasteiger partial charge in [-0.15, -0.1) is 0 Å². The van der Waals surface area contributed by atoms with Gasteiger partial charge in [-0.1, -0.05) is 42.5 Å². The molecule has 2 N–H and O–H groups in total. The molecule has 0 bridgehead atoms. The summed E-state index contributed by atoms with van der Waals surface area (Å²) in [6, 6.07) is 23.2. The van der Waals surface area contributed by atoms with Gasteiger partial charge in [0.1, 0.15) is 0 Å². The molecular formula is C23H18N4O3. The van der Waals surface area contributed by atoms with Crippen molar-refractivity contribution in [3.8, 4) is 22.8 Å². The molecule has 1 aromatic heterocycles. The number of hydrogen-bond acceptors (Lipinski definition) is 5. The topological polar surface area (TPSA) is 97.0 Å². The molecule has 0 spiro atoms. The van der Waals surface area contributed by atoms with Crippen LogP contribution >= 0.6 is 0 Å². The first kappa shape index (κ1) is 19.1. The average Bonchev–Trinajstić information content (AvgIpc) is 3.30. The summed E-state index contributed by atoms with van der Waals surface area (Å²) in [5.41, 5.74) is 3.00. The molecule has 4 aromatic rings. The SMILES string of the molecule is COC(=O)c1ccc(C(=O)Nc2ccccc2-c2nc(-c3ccccc3)n[nH]2)cc1. The number of carbonyl (C=O) groups is 2. The Morgan fingerprint density at radius 2 is 1.53 bits per heavy atom. The second-order valence-corrected chi connectivity index (χ2v) is 6.44. The molecule has 148 valence electrons. The zero-order chi connectivity index (χ0) is 20.9. The van der Waals surface area contributed by atoms with Crippen LogP contribution < -0.4 is 5.32 Å². The quantitative estimate of drug-likeness (QED) is 0.492. The Hall–Kier alpha value is -4.26. The third-order valence-corrected chi connectivity index (χ3v) is 4.52. The van der Waals surface area contributed by atoms with Crippen molar-refractivity contribution in [1.82, 2.24) is 15.2 Å². The number of aromatic amines is 1. The van der Waals surface area contributed by atoms with E-state index in [1.807, 2.05) is 48.5 Å². The van der Waals surface area contributed by atoms with Crippen LogP contribution in [0.5, 0.6) is 0 Å². The van der Waals surface area contributed by atoms with Crippen LogP contribution in [0.4, 0.5) is 5.69 Å². The molecule has 0 aliphatic carbocycles. The molecular weight excluding hydrogens is 380 g/mol. The number of aromatic nitrogens is 3. The molecule has 0 aliphatic heterocycles. The molecule has 7 heteroatoms. The maximum Gasteiger partial charge on any atom is 0.337 e. The van der Waals surface area contributed by atoms with Gasteiger partial charge in [-0.05, 0) is 36.4 Å². The first-order valence-corrected chi connectivity index (χ1v) is 9.22. The third kappa shape index (κ3) is 3.95. The lowest BCUT2D eigenvalue weighted by Crippen LogP contribution is -2.13. The largest absolute Gasteiger partial charge is 0.465 e. The summed E-state index contributed by atoms with van der Waals surface area (Å²) in [5.74, 6) is 0.365. The average molecular weight is 398 g/mol. The number of rotatable bonds is 5. The van der Waals surface area contributed by atoms with E-state index in [0.29, 0.717) is 34.0 Å². The third-order valence-electron chi connectivity index (χ3n) is 4.52. The van der Waals surface area contributed by atoms with Crippen LogP contribution in [0.25, 0.3) is 22.8 Å². The number of nitrogens with one attached hydrogen (secondary N) is 2. The van der Waals surface area contributed by atoms with Gasteiger partial charge in [-0.25, -0.2) is 9.78 Å². The summed E-state index contributed by atoms with van der Waals surface area (Å²) < 4.78 is 4.68. The number of anilines is 1. The fourth-order valence-corrected chi connectivity index (χ4v) is 2.97. The maximum absolute atomic E-state index is 12.7. The number of amides is 1. The number of nitrogens with zero attached hydrogens (tertiary/aromatic N) is 2.